The molecule has 0 radical (unpaired) electrons. The van der Waals surface area contributed by atoms with Gasteiger partial charge in [-0.15, -0.1) is 0 Å². The van der Waals surface area contributed by atoms with Crippen molar-refractivity contribution < 1.29 is 4.74 Å². The fourth-order valence-electron chi connectivity index (χ4n) is 5.09. The number of aromatic nitrogens is 3. The third kappa shape index (κ3) is 4.69. The van der Waals surface area contributed by atoms with Gasteiger partial charge in [0.1, 0.15) is 5.75 Å². The fourth-order valence-corrected chi connectivity index (χ4v) is 5.09. The molecule has 2 aromatic heterocycles. The molecule has 0 fully saturated rings. The normalized spacial score (nSPS) is 11.4. The van der Waals surface area contributed by atoms with Crippen LogP contribution in [-0.4, -0.2) is 27.6 Å². The molecule has 0 aliphatic heterocycles. The molecule has 0 aliphatic rings. The zero-order chi connectivity index (χ0) is 28.6. The van der Waals surface area contributed by atoms with Crippen LogP contribution < -0.4 is 10.3 Å². The van der Waals surface area contributed by atoms with Gasteiger partial charge in [-0.25, -0.2) is 4.98 Å². The molecule has 0 spiro atoms. The Bertz CT molecular complexity index is 1870. The highest BCUT2D eigenvalue weighted by Crippen LogP contribution is 2.34. The largest absolute Gasteiger partial charge is 0.496 e. The van der Waals surface area contributed by atoms with E-state index in [1.807, 2.05) is 63.2 Å². The van der Waals surface area contributed by atoms with Crippen molar-refractivity contribution in [3.63, 3.8) is 0 Å². The van der Waals surface area contributed by atoms with Crippen LogP contribution in [0.5, 0.6) is 5.75 Å². The Morgan fingerprint density at radius 1 is 1.02 bits per heavy atom. The van der Waals surface area contributed by atoms with Crippen LogP contribution in [0, 0.1) is 32.1 Å². The van der Waals surface area contributed by atoms with Gasteiger partial charge in [-0.2, -0.15) is 15.0 Å². The first kappa shape index (κ1) is 26.6. The van der Waals surface area contributed by atoms with Crippen molar-refractivity contribution >= 4 is 17.1 Å². The molecule has 2 heterocycles. The number of ether oxygens (including phenoxy) is 1. The average molecular weight is 530 g/mol. The standard InChI is InChI=1S/C33H31N5O2/c1-20(2)28-17-29(21(3)15-31(28)40-6)32-36-30-10-8-7-9-27(30)33(39)38(32)35-19-25-16-22(4)37(23(25)5)26-13-11-24(18-34)12-14-26/h7-17,19-20H,1-6H3. The van der Waals surface area contributed by atoms with Crippen LogP contribution in [0.2, 0.25) is 0 Å². The first-order valence-corrected chi connectivity index (χ1v) is 13.2. The second-order valence-electron chi connectivity index (χ2n) is 10.2. The van der Waals surface area contributed by atoms with Crippen molar-refractivity contribution in [1.29, 1.82) is 5.26 Å². The van der Waals surface area contributed by atoms with Gasteiger partial charge in [-0.05, 0) is 92.4 Å². The Morgan fingerprint density at radius 3 is 2.42 bits per heavy atom. The number of para-hydroxylation sites is 1. The molecule has 0 unspecified atom stereocenters. The lowest BCUT2D eigenvalue weighted by molar-refractivity contribution is 0.407. The van der Waals surface area contributed by atoms with E-state index in [1.165, 1.54) is 4.68 Å². The van der Waals surface area contributed by atoms with Gasteiger partial charge < -0.3 is 9.30 Å². The minimum atomic E-state index is -0.237. The van der Waals surface area contributed by atoms with Crippen LogP contribution in [0.25, 0.3) is 28.0 Å². The number of hydrogen-bond donors (Lipinski definition) is 0. The van der Waals surface area contributed by atoms with Crippen LogP contribution in [0.1, 0.15) is 53.4 Å². The second-order valence-corrected chi connectivity index (χ2v) is 10.2. The molecule has 0 saturated carbocycles. The molecular weight excluding hydrogens is 498 g/mol. The van der Waals surface area contributed by atoms with Crippen LogP contribution in [0.4, 0.5) is 0 Å². The van der Waals surface area contributed by atoms with E-state index in [-0.39, 0.29) is 11.5 Å². The first-order valence-electron chi connectivity index (χ1n) is 13.2. The monoisotopic (exact) mass is 529 g/mol. The van der Waals surface area contributed by atoms with Crippen molar-refractivity contribution in [3.8, 4) is 28.9 Å². The second kappa shape index (κ2) is 10.7. The number of methoxy groups -OCH3 is 1. The number of nitriles is 1. The molecule has 0 saturated heterocycles. The quantitative estimate of drug-likeness (QED) is 0.230. The van der Waals surface area contributed by atoms with E-state index in [4.69, 9.17) is 20.1 Å². The lowest BCUT2D eigenvalue weighted by Gasteiger charge is -2.17. The highest BCUT2D eigenvalue weighted by atomic mass is 16.5. The van der Waals surface area contributed by atoms with E-state index in [0.717, 1.165) is 45.1 Å². The number of fused-ring (bicyclic) bond motifs is 1. The van der Waals surface area contributed by atoms with Gasteiger partial charge in [0.05, 0.1) is 35.9 Å². The Hall–Kier alpha value is -4.96. The third-order valence-corrected chi connectivity index (χ3v) is 7.23. The zero-order valence-corrected chi connectivity index (χ0v) is 23.6. The number of hydrogen-bond acceptors (Lipinski definition) is 5. The highest BCUT2D eigenvalue weighted by Gasteiger charge is 2.19. The Labute approximate surface area is 233 Å². The number of rotatable bonds is 6. The number of benzene rings is 3. The van der Waals surface area contributed by atoms with Crippen LogP contribution >= 0.6 is 0 Å². The minimum Gasteiger partial charge on any atom is -0.496 e. The first-order chi connectivity index (χ1) is 19.2. The molecule has 0 N–H and O–H groups in total. The fraction of sp³-hybridized carbons (Fsp3) is 0.212. The van der Waals surface area contributed by atoms with E-state index < -0.39 is 0 Å². The van der Waals surface area contributed by atoms with Crippen molar-refractivity contribution in [1.82, 2.24) is 14.2 Å². The maximum Gasteiger partial charge on any atom is 0.282 e. The van der Waals surface area contributed by atoms with Crippen molar-refractivity contribution in [2.45, 2.75) is 40.5 Å². The number of aryl methyl sites for hydroxylation is 2. The van der Waals surface area contributed by atoms with Crippen LogP contribution in [0.3, 0.4) is 0 Å². The topological polar surface area (TPSA) is 85.2 Å². The molecule has 3 aromatic carbocycles. The van der Waals surface area contributed by atoms with Gasteiger partial charge in [0.15, 0.2) is 5.82 Å². The lowest BCUT2D eigenvalue weighted by atomic mass is 9.96. The SMILES string of the molecule is COc1cc(C)c(-c2nc3ccccc3c(=O)n2N=Cc2cc(C)n(-c3ccc(C#N)cc3)c2C)cc1C(C)C. The van der Waals surface area contributed by atoms with E-state index >= 15 is 0 Å². The van der Waals surface area contributed by atoms with E-state index in [1.54, 1.807) is 31.5 Å². The molecule has 7 nitrogen and oxygen atoms in total. The summed E-state index contributed by atoms with van der Waals surface area (Å²) in [4.78, 5) is 18.7. The Morgan fingerprint density at radius 2 is 1.75 bits per heavy atom. The van der Waals surface area contributed by atoms with Gasteiger partial charge in [-0.1, -0.05) is 26.0 Å². The zero-order valence-electron chi connectivity index (χ0n) is 23.6. The van der Waals surface area contributed by atoms with Crippen LogP contribution in [-0.2, 0) is 0 Å². The lowest BCUT2D eigenvalue weighted by Crippen LogP contribution is -2.21. The maximum absolute atomic E-state index is 13.8. The molecule has 40 heavy (non-hydrogen) atoms. The van der Waals surface area contributed by atoms with Crippen molar-refractivity contribution in [2.24, 2.45) is 5.10 Å². The average Bonchev–Trinajstić information content (AvgIpc) is 3.24. The van der Waals surface area contributed by atoms with Gasteiger partial charge in [0, 0.05) is 28.2 Å². The minimum absolute atomic E-state index is 0.214. The van der Waals surface area contributed by atoms with Gasteiger partial charge in [-0.3, -0.25) is 4.79 Å². The summed E-state index contributed by atoms with van der Waals surface area (Å²) in [6, 6.07) is 23.0. The maximum atomic E-state index is 13.8. The summed E-state index contributed by atoms with van der Waals surface area (Å²) in [7, 11) is 1.67. The highest BCUT2D eigenvalue weighted by molar-refractivity contribution is 5.84. The van der Waals surface area contributed by atoms with E-state index in [0.29, 0.717) is 22.3 Å². The van der Waals surface area contributed by atoms with Crippen molar-refractivity contribution in [2.75, 3.05) is 7.11 Å². The van der Waals surface area contributed by atoms with Crippen molar-refractivity contribution in [3.05, 3.63) is 111 Å². The van der Waals surface area contributed by atoms with Gasteiger partial charge in [0.2, 0.25) is 0 Å². The Kier molecular flexibility index (Phi) is 7.10. The molecule has 7 heteroatoms. The predicted octanol–water partition coefficient (Wildman–Crippen LogP) is 6.67. The summed E-state index contributed by atoms with van der Waals surface area (Å²) in [5, 5.41) is 14.4. The Balaban J connectivity index is 1.69. The molecule has 200 valence electrons. The third-order valence-electron chi connectivity index (χ3n) is 7.23. The molecule has 0 aliphatic carbocycles. The molecule has 0 bridgehead atoms. The van der Waals surface area contributed by atoms with Gasteiger partial charge >= 0.3 is 0 Å². The predicted molar refractivity (Wildman–Crippen MR) is 160 cm³/mol. The summed E-state index contributed by atoms with van der Waals surface area (Å²) >= 11 is 0. The summed E-state index contributed by atoms with van der Waals surface area (Å²) in [6.45, 7) is 10.2. The van der Waals surface area contributed by atoms with E-state index in [9.17, 15) is 4.79 Å². The van der Waals surface area contributed by atoms with E-state index in [2.05, 4.69) is 30.6 Å². The summed E-state index contributed by atoms with van der Waals surface area (Å²) < 4.78 is 9.15. The molecule has 0 amide bonds. The van der Waals surface area contributed by atoms with Gasteiger partial charge in [0.25, 0.3) is 5.56 Å². The molecular formula is C33H31N5O2. The molecule has 0 atom stereocenters. The molecule has 5 aromatic rings. The number of nitrogens with zero attached hydrogens (tertiary/aromatic N) is 5. The smallest absolute Gasteiger partial charge is 0.282 e. The van der Waals surface area contributed by atoms with Crippen LogP contribution in [0.15, 0.2) is 76.6 Å². The summed E-state index contributed by atoms with van der Waals surface area (Å²) in [5.41, 5.74) is 7.60. The summed E-state index contributed by atoms with van der Waals surface area (Å²) in [5.74, 6) is 1.50. The molecule has 5 rings (SSSR count). The summed E-state index contributed by atoms with van der Waals surface area (Å²) in [6.07, 6.45) is 1.71.